The van der Waals surface area contributed by atoms with Gasteiger partial charge in [0.25, 0.3) is 0 Å². The number of hydrogen-bond donors (Lipinski definition) is 2. The molecule has 0 bridgehead atoms. The topological polar surface area (TPSA) is 58.5 Å². The Morgan fingerprint density at radius 1 is 1.24 bits per heavy atom. The van der Waals surface area contributed by atoms with Gasteiger partial charge in [-0.05, 0) is 44.0 Å². The Morgan fingerprint density at radius 2 is 2.04 bits per heavy atom. The molecule has 0 saturated heterocycles. The van der Waals surface area contributed by atoms with Crippen LogP contribution in [0.4, 0.5) is 4.39 Å². The highest BCUT2D eigenvalue weighted by Crippen LogP contribution is 2.14. The van der Waals surface area contributed by atoms with Crippen molar-refractivity contribution in [1.29, 1.82) is 0 Å². The zero-order valence-electron chi connectivity index (χ0n) is 14.7. The van der Waals surface area contributed by atoms with Gasteiger partial charge in [0.2, 0.25) is 0 Å². The molecule has 0 aliphatic heterocycles. The van der Waals surface area contributed by atoms with Crippen LogP contribution < -0.4 is 15.4 Å². The number of benzene rings is 1. The summed E-state index contributed by atoms with van der Waals surface area (Å²) in [5.74, 6) is 1.20. The van der Waals surface area contributed by atoms with Gasteiger partial charge in [0, 0.05) is 24.2 Å². The van der Waals surface area contributed by atoms with Crippen molar-refractivity contribution in [3.05, 3.63) is 46.2 Å². The van der Waals surface area contributed by atoms with Gasteiger partial charge < -0.3 is 15.4 Å². The Balaban J connectivity index is 1.71. The van der Waals surface area contributed by atoms with Crippen LogP contribution in [0.3, 0.4) is 0 Å². The van der Waals surface area contributed by atoms with Crippen LogP contribution >= 0.6 is 11.3 Å². The lowest BCUT2D eigenvalue weighted by atomic mass is 10.3. The summed E-state index contributed by atoms with van der Waals surface area (Å²) in [6, 6.07) is 6.05. The van der Waals surface area contributed by atoms with Crippen molar-refractivity contribution in [2.45, 2.75) is 33.2 Å². The summed E-state index contributed by atoms with van der Waals surface area (Å²) in [7, 11) is 0. The fourth-order valence-corrected chi connectivity index (χ4v) is 2.86. The quantitative estimate of drug-likeness (QED) is 0.407. The molecule has 0 spiro atoms. The van der Waals surface area contributed by atoms with Crippen molar-refractivity contribution >= 4 is 17.3 Å². The fourth-order valence-electron chi connectivity index (χ4n) is 2.07. The number of rotatable bonds is 9. The molecule has 0 amide bonds. The minimum absolute atomic E-state index is 0.258. The molecule has 2 N–H and O–H groups in total. The standard InChI is InChI=1S/C18H25FN4OS/c1-3-16-12-22-17(25-16)13-23-18(20-4-2)21-10-5-11-24-15-8-6-14(19)7-9-15/h6-9,12H,3-5,10-11,13H2,1-2H3,(H2,20,21,23). The van der Waals surface area contributed by atoms with E-state index in [1.54, 1.807) is 23.5 Å². The van der Waals surface area contributed by atoms with Crippen molar-refractivity contribution in [1.82, 2.24) is 15.6 Å². The normalized spacial score (nSPS) is 11.4. The van der Waals surface area contributed by atoms with Crippen LogP contribution in [0.15, 0.2) is 35.5 Å². The monoisotopic (exact) mass is 364 g/mol. The van der Waals surface area contributed by atoms with Crippen LogP contribution in [0.2, 0.25) is 0 Å². The SMILES string of the molecule is CCNC(=NCc1ncc(CC)s1)NCCCOc1ccc(F)cc1. The van der Waals surface area contributed by atoms with E-state index in [9.17, 15) is 4.39 Å². The minimum Gasteiger partial charge on any atom is -0.494 e. The van der Waals surface area contributed by atoms with Gasteiger partial charge >= 0.3 is 0 Å². The van der Waals surface area contributed by atoms with E-state index in [1.807, 2.05) is 13.1 Å². The maximum atomic E-state index is 12.8. The zero-order chi connectivity index (χ0) is 17.9. The Morgan fingerprint density at radius 3 is 2.72 bits per heavy atom. The van der Waals surface area contributed by atoms with Crippen LogP contribution in [-0.2, 0) is 13.0 Å². The second-order valence-electron chi connectivity index (χ2n) is 5.35. The molecule has 0 fully saturated rings. The second-order valence-corrected chi connectivity index (χ2v) is 6.55. The van der Waals surface area contributed by atoms with Crippen LogP contribution in [0.5, 0.6) is 5.75 Å². The first-order chi connectivity index (χ1) is 12.2. The average Bonchev–Trinajstić information content (AvgIpc) is 3.09. The first kappa shape index (κ1) is 19.2. The summed E-state index contributed by atoms with van der Waals surface area (Å²) in [6.07, 6.45) is 3.75. The number of aliphatic imine (C=N–C) groups is 1. The highest BCUT2D eigenvalue weighted by atomic mass is 32.1. The Bertz CT molecular complexity index is 657. The highest BCUT2D eigenvalue weighted by Gasteiger charge is 2.02. The van der Waals surface area contributed by atoms with Crippen LogP contribution in [-0.4, -0.2) is 30.6 Å². The maximum Gasteiger partial charge on any atom is 0.191 e. The number of hydrogen-bond acceptors (Lipinski definition) is 4. The molecule has 0 unspecified atom stereocenters. The van der Waals surface area contributed by atoms with E-state index >= 15 is 0 Å². The molecule has 2 rings (SSSR count). The fraction of sp³-hybridized carbons (Fsp3) is 0.444. The van der Waals surface area contributed by atoms with Crippen molar-refractivity contribution in [3.63, 3.8) is 0 Å². The second kappa shape index (κ2) is 10.7. The summed E-state index contributed by atoms with van der Waals surface area (Å²) < 4.78 is 18.4. The van der Waals surface area contributed by atoms with Crippen molar-refractivity contribution in [2.75, 3.05) is 19.7 Å². The molecule has 1 aromatic carbocycles. The molecule has 0 aliphatic rings. The molecule has 1 heterocycles. The van der Waals surface area contributed by atoms with Crippen LogP contribution in [0.25, 0.3) is 0 Å². The smallest absolute Gasteiger partial charge is 0.191 e. The van der Waals surface area contributed by atoms with Crippen LogP contribution in [0, 0.1) is 5.82 Å². The largest absolute Gasteiger partial charge is 0.494 e. The Kier molecular flexibility index (Phi) is 8.18. The maximum absolute atomic E-state index is 12.8. The van der Waals surface area contributed by atoms with Crippen molar-refractivity contribution in [2.24, 2.45) is 4.99 Å². The van der Waals surface area contributed by atoms with E-state index in [0.29, 0.717) is 18.9 Å². The zero-order valence-corrected chi connectivity index (χ0v) is 15.5. The average molecular weight is 364 g/mol. The number of nitrogens with one attached hydrogen (secondary N) is 2. The molecule has 136 valence electrons. The third-order valence-corrected chi connectivity index (χ3v) is 4.49. The van der Waals surface area contributed by atoms with E-state index in [1.165, 1.54) is 17.0 Å². The first-order valence-electron chi connectivity index (χ1n) is 8.55. The van der Waals surface area contributed by atoms with Crippen molar-refractivity contribution < 1.29 is 9.13 Å². The van der Waals surface area contributed by atoms with Gasteiger partial charge in [0.1, 0.15) is 16.6 Å². The van der Waals surface area contributed by atoms with Gasteiger partial charge in [-0.25, -0.2) is 14.4 Å². The molecule has 7 heteroatoms. The molecule has 25 heavy (non-hydrogen) atoms. The molecule has 0 atom stereocenters. The highest BCUT2D eigenvalue weighted by molar-refractivity contribution is 7.11. The summed E-state index contributed by atoms with van der Waals surface area (Å²) in [5.41, 5.74) is 0. The Labute approximate surface area is 152 Å². The van der Waals surface area contributed by atoms with Gasteiger partial charge in [-0.3, -0.25) is 0 Å². The van der Waals surface area contributed by atoms with Crippen LogP contribution in [0.1, 0.15) is 30.2 Å². The Hall–Kier alpha value is -2.15. The lowest BCUT2D eigenvalue weighted by molar-refractivity contribution is 0.310. The molecule has 5 nitrogen and oxygen atoms in total. The van der Waals surface area contributed by atoms with Gasteiger partial charge in [0.15, 0.2) is 5.96 Å². The molecule has 0 aliphatic carbocycles. The molecular weight excluding hydrogens is 339 g/mol. The number of halogens is 1. The van der Waals surface area contributed by atoms with Gasteiger partial charge in [-0.1, -0.05) is 6.92 Å². The lowest BCUT2D eigenvalue weighted by Crippen LogP contribution is -2.38. The summed E-state index contributed by atoms with van der Waals surface area (Å²) >= 11 is 1.70. The summed E-state index contributed by atoms with van der Waals surface area (Å²) in [4.78, 5) is 10.2. The summed E-state index contributed by atoms with van der Waals surface area (Å²) in [6.45, 7) is 6.84. The predicted octanol–water partition coefficient (Wildman–Crippen LogP) is 3.37. The number of nitrogens with zero attached hydrogens (tertiary/aromatic N) is 2. The van der Waals surface area contributed by atoms with E-state index in [-0.39, 0.29) is 5.82 Å². The molecular formula is C18H25FN4OS. The predicted molar refractivity (Wildman–Crippen MR) is 101 cm³/mol. The molecule has 2 aromatic rings. The van der Waals surface area contributed by atoms with Gasteiger partial charge in [-0.2, -0.15) is 0 Å². The number of guanidine groups is 1. The molecule has 0 saturated carbocycles. The van der Waals surface area contributed by atoms with E-state index < -0.39 is 0 Å². The third kappa shape index (κ3) is 7.09. The number of aryl methyl sites for hydroxylation is 1. The number of ether oxygens (including phenoxy) is 1. The van der Waals surface area contributed by atoms with E-state index in [4.69, 9.17) is 4.74 Å². The molecule has 0 radical (unpaired) electrons. The molecule has 1 aromatic heterocycles. The minimum atomic E-state index is -0.258. The van der Waals surface area contributed by atoms with E-state index in [0.717, 1.165) is 36.9 Å². The van der Waals surface area contributed by atoms with E-state index in [2.05, 4.69) is 27.5 Å². The lowest BCUT2D eigenvalue weighted by Gasteiger charge is -2.11. The van der Waals surface area contributed by atoms with Gasteiger partial charge in [0.05, 0.1) is 13.2 Å². The summed E-state index contributed by atoms with van der Waals surface area (Å²) in [5, 5.41) is 7.53. The van der Waals surface area contributed by atoms with Gasteiger partial charge in [-0.15, -0.1) is 11.3 Å². The number of thiazole rings is 1. The number of aromatic nitrogens is 1. The third-order valence-electron chi connectivity index (χ3n) is 3.36. The van der Waals surface area contributed by atoms with Crippen molar-refractivity contribution in [3.8, 4) is 5.75 Å². The first-order valence-corrected chi connectivity index (χ1v) is 9.37.